The van der Waals surface area contributed by atoms with Crippen LogP contribution in [0.5, 0.6) is 11.5 Å². The Bertz CT molecular complexity index is 1360. The minimum atomic E-state index is -3.91. The van der Waals surface area contributed by atoms with Gasteiger partial charge in [-0.25, -0.2) is 0 Å². The molecule has 1 radical (unpaired) electrons. The van der Waals surface area contributed by atoms with Crippen molar-refractivity contribution in [1.29, 1.82) is 0 Å². The maximum atomic E-state index is 13.1. The van der Waals surface area contributed by atoms with Gasteiger partial charge in [0.05, 0.1) is 13.0 Å². The minimum Gasteiger partial charge on any atom is -0.457 e. The summed E-state index contributed by atoms with van der Waals surface area (Å²) in [5.41, 5.74) is 0.994. The summed E-state index contributed by atoms with van der Waals surface area (Å²) in [5.74, 6) is 1.47. The van der Waals surface area contributed by atoms with Gasteiger partial charge in [-0.1, -0.05) is 72.9 Å². The van der Waals surface area contributed by atoms with Crippen LogP contribution in [0.4, 0.5) is 0 Å². The van der Waals surface area contributed by atoms with Crippen molar-refractivity contribution >= 4 is 23.4 Å². The first-order valence-corrected chi connectivity index (χ1v) is 19.2. The van der Waals surface area contributed by atoms with Gasteiger partial charge in [0, 0.05) is 0 Å². The summed E-state index contributed by atoms with van der Waals surface area (Å²) in [5, 5.41) is 1.38. The van der Waals surface area contributed by atoms with Crippen LogP contribution in [-0.4, -0.2) is 16.5 Å². The van der Waals surface area contributed by atoms with Gasteiger partial charge in [0.25, 0.3) is 0 Å². The van der Waals surface area contributed by atoms with E-state index in [0.29, 0.717) is 5.75 Å². The molecule has 0 bridgehead atoms. The summed E-state index contributed by atoms with van der Waals surface area (Å²) in [6.45, 7) is 8.87. The van der Waals surface area contributed by atoms with Crippen molar-refractivity contribution in [1.82, 2.24) is 0 Å². The largest absolute Gasteiger partial charge is 0.457 e. The molecular formula is C28H29IO4SSi+. The molecule has 0 atom stereocenters. The molecule has 0 heterocycles. The van der Waals surface area contributed by atoms with Gasteiger partial charge in [-0.05, 0) is 70.1 Å². The van der Waals surface area contributed by atoms with Gasteiger partial charge in [-0.3, -0.25) is 0 Å². The third-order valence-electron chi connectivity index (χ3n) is 5.35. The van der Waals surface area contributed by atoms with Gasteiger partial charge < -0.3 is 4.74 Å². The quantitative estimate of drug-likeness (QED) is 0.225. The zero-order valence-corrected chi connectivity index (χ0v) is 24.2. The van der Waals surface area contributed by atoms with Gasteiger partial charge in [-0.2, -0.15) is 8.42 Å². The number of rotatable bonds is 8. The molecule has 0 N–H and O–H groups in total. The second-order valence-electron chi connectivity index (χ2n) is 9.20. The Morgan fingerprint density at radius 2 is 1.17 bits per heavy atom. The van der Waals surface area contributed by atoms with Gasteiger partial charge >= 0.3 is 30.4 Å². The highest BCUT2D eigenvalue weighted by Gasteiger charge is 2.37. The SMILES string of the molecule is Cc1ccc(S(=O)(=O)O[I+](c2ccccc2)c2ccc(Oc3ccc([Si](C)(C)C)cc3)cc2)cc1. The smallest absolute Gasteiger partial charge is 0.336 e. The molecule has 0 aliphatic carbocycles. The van der Waals surface area contributed by atoms with Crippen LogP contribution in [0.3, 0.4) is 0 Å². The molecule has 0 aromatic heterocycles. The Morgan fingerprint density at radius 1 is 0.657 bits per heavy atom. The zero-order chi connectivity index (χ0) is 25.1. The van der Waals surface area contributed by atoms with Crippen LogP contribution in [0.15, 0.2) is 108 Å². The molecule has 0 fully saturated rings. The van der Waals surface area contributed by atoms with Gasteiger partial charge in [-0.15, -0.1) is 0 Å². The molecule has 7 heteroatoms. The molecule has 181 valence electrons. The highest BCUT2D eigenvalue weighted by molar-refractivity contribution is 7.86. The van der Waals surface area contributed by atoms with E-state index in [2.05, 4.69) is 31.8 Å². The van der Waals surface area contributed by atoms with E-state index in [9.17, 15) is 8.42 Å². The molecule has 0 saturated carbocycles. The number of hydrogen-bond acceptors (Lipinski definition) is 4. The van der Waals surface area contributed by atoms with Gasteiger partial charge in [0.2, 0.25) is 0 Å². The van der Waals surface area contributed by atoms with Crippen LogP contribution < -0.4 is 30.2 Å². The predicted octanol–water partition coefficient (Wildman–Crippen LogP) is 3.32. The van der Waals surface area contributed by atoms with Crippen LogP contribution in [0.2, 0.25) is 19.6 Å². The van der Waals surface area contributed by atoms with Crippen LogP contribution in [0.25, 0.3) is 0 Å². The molecular weight excluding hydrogens is 587 g/mol. The number of benzene rings is 4. The second-order valence-corrected chi connectivity index (χ2v) is 20.8. The fourth-order valence-corrected chi connectivity index (χ4v) is 11.4. The molecule has 0 saturated heterocycles. The normalized spacial score (nSPS) is 12.0. The lowest BCUT2D eigenvalue weighted by Gasteiger charge is -2.16. The van der Waals surface area contributed by atoms with Crippen LogP contribution in [0, 0.1) is 14.1 Å². The summed E-state index contributed by atoms with van der Waals surface area (Å²) in [7, 11) is -5.27. The van der Waals surface area contributed by atoms with E-state index in [0.717, 1.165) is 18.5 Å². The summed E-state index contributed by atoms with van der Waals surface area (Å²) in [4.78, 5) is 0.169. The average molecular weight is 617 g/mol. The maximum Gasteiger partial charge on any atom is 0.336 e. The van der Waals surface area contributed by atoms with Crippen molar-refractivity contribution in [3.8, 4) is 11.5 Å². The first-order valence-electron chi connectivity index (χ1n) is 11.3. The number of aryl methyl sites for hydroxylation is 1. The molecule has 0 aliphatic heterocycles. The van der Waals surface area contributed by atoms with Crippen LogP contribution in [0.1, 0.15) is 5.56 Å². The molecule has 0 aliphatic rings. The van der Waals surface area contributed by atoms with E-state index in [-0.39, 0.29) is 4.90 Å². The van der Waals surface area contributed by atoms with Crippen molar-refractivity contribution in [2.75, 3.05) is 0 Å². The van der Waals surface area contributed by atoms with E-state index in [1.54, 1.807) is 24.3 Å². The Balaban J connectivity index is 1.58. The lowest BCUT2D eigenvalue weighted by Crippen LogP contribution is -3.85. The summed E-state index contributed by atoms with van der Waals surface area (Å²) < 4.78 is 40.0. The van der Waals surface area contributed by atoms with E-state index >= 15 is 0 Å². The number of ether oxygens (including phenoxy) is 1. The van der Waals surface area contributed by atoms with Gasteiger partial charge in [0.1, 0.15) is 11.5 Å². The molecule has 4 aromatic rings. The average Bonchev–Trinajstić information content (AvgIpc) is 2.84. The monoisotopic (exact) mass is 616 g/mol. The van der Waals surface area contributed by atoms with Gasteiger partial charge in [0.15, 0.2) is 7.14 Å². The number of hydrogen-bond donors (Lipinski definition) is 0. The zero-order valence-electron chi connectivity index (χ0n) is 20.2. The molecule has 0 spiro atoms. The Labute approximate surface area is 217 Å². The van der Waals surface area contributed by atoms with Crippen LogP contribution >= 0.6 is 0 Å². The highest BCUT2D eigenvalue weighted by atomic mass is 127. The first kappa shape index (κ1) is 25.6. The highest BCUT2D eigenvalue weighted by Crippen LogP contribution is 2.20. The molecule has 35 heavy (non-hydrogen) atoms. The molecule has 4 nitrogen and oxygen atoms in total. The lowest BCUT2D eigenvalue weighted by atomic mass is 10.2. The third-order valence-corrected chi connectivity index (χ3v) is 14.8. The number of halogens is 1. The van der Waals surface area contributed by atoms with Crippen molar-refractivity contribution in [2.24, 2.45) is 0 Å². The fourth-order valence-electron chi connectivity index (χ4n) is 3.33. The van der Waals surface area contributed by atoms with Crippen molar-refractivity contribution < 1.29 is 35.9 Å². The Kier molecular flexibility index (Phi) is 7.80. The molecule has 4 rings (SSSR count). The summed E-state index contributed by atoms with van der Waals surface area (Å²) in [6.07, 6.45) is 0. The minimum absolute atomic E-state index is 0.169. The first-order chi connectivity index (χ1) is 16.6. The van der Waals surface area contributed by atoms with E-state index in [4.69, 9.17) is 7.25 Å². The standard InChI is InChI=1S/C28H29IO4SSi/c1-22-10-18-27(19-11-22)34(30,31)33-29(23-8-6-5-7-9-23)24-12-14-25(15-13-24)32-26-16-20-28(21-17-26)35(2,3)4/h5-21H,1-4H3/q+1. The van der Waals surface area contributed by atoms with Crippen LogP contribution in [-0.2, 0) is 12.6 Å². The van der Waals surface area contributed by atoms with E-state index in [1.165, 1.54) is 5.19 Å². The second kappa shape index (κ2) is 10.7. The van der Waals surface area contributed by atoms with Crippen molar-refractivity contribution in [2.45, 2.75) is 31.5 Å². The summed E-state index contributed by atoms with van der Waals surface area (Å²) >= 11 is -2.75. The third kappa shape index (κ3) is 6.61. The lowest BCUT2D eigenvalue weighted by molar-refractivity contribution is -1.03. The van der Waals surface area contributed by atoms with E-state index in [1.807, 2.05) is 73.7 Å². The topological polar surface area (TPSA) is 52.6 Å². The fraction of sp³-hybridized carbons (Fsp3) is 0.143. The Hall–Kier alpha value is -2.46. The molecule has 0 unspecified atom stereocenters. The molecule has 4 aromatic carbocycles. The molecule has 0 amide bonds. The predicted molar refractivity (Wildman–Crippen MR) is 139 cm³/mol. The van der Waals surface area contributed by atoms with Crippen molar-refractivity contribution in [3.05, 3.63) is 116 Å². The van der Waals surface area contributed by atoms with E-state index < -0.39 is 38.4 Å². The summed E-state index contributed by atoms with van der Waals surface area (Å²) in [6, 6.07) is 32.2. The maximum absolute atomic E-state index is 13.1. The van der Waals surface area contributed by atoms with Crippen molar-refractivity contribution in [3.63, 3.8) is 0 Å². The Morgan fingerprint density at radius 3 is 1.71 bits per heavy atom.